The number of ether oxygens (including phenoxy) is 4. The Labute approximate surface area is 568 Å². The Morgan fingerprint density at radius 3 is 0.817 bits per heavy atom. The Morgan fingerprint density at radius 2 is 0.548 bits per heavy atom. The van der Waals surface area contributed by atoms with Crippen LogP contribution in [0.3, 0.4) is 0 Å². The molecule has 0 aliphatic heterocycles. The van der Waals surface area contributed by atoms with Gasteiger partial charge in [-0.25, -0.2) is 9.13 Å². The zero-order valence-corrected chi connectivity index (χ0v) is 62.5. The quantitative estimate of drug-likeness (QED) is 0.0222. The van der Waals surface area contributed by atoms with Gasteiger partial charge < -0.3 is 33.8 Å². The average Bonchev–Trinajstić information content (AvgIpc) is 1.48. The highest BCUT2D eigenvalue weighted by Gasteiger charge is 2.30. The van der Waals surface area contributed by atoms with Crippen molar-refractivity contribution < 1.29 is 80.2 Å². The number of esters is 4. The minimum atomic E-state index is -4.96. The molecule has 7 atom stereocenters. The van der Waals surface area contributed by atoms with E-state index in [1.54, 1.807) is 0 Å². The molecule has 3 N–H and O–H groups in total. The van der Waals surface area contributed by atoms with Crippen molar-refractivity contribution >= 4 is 39.5 Å². The minimum Gasteiger partial charge on any atom is -0.462 e. The summed E-state index contributed by atoms with van der Waals surface area (Å²) in [6.45, 7) is 11.9. The number of aliphatic hydroxyl groups is 1. The fourth-order valence-corrected chi connectivity index (χ4v) is 12.8. The molecule has 0 rings (SSSR count). The molecule has 552 valence electrons. The maximum atomic E-state index is 13.1. The largest absolute Gasteiger partial charge is 0.472 e. The van der Waals surface area contributed by atoms with E-state index in [0.717, 1.165) is 114 Å². The third-order valence-corrected chi connectivity index (χ3v) is 19.8. The van der Waals surface area contributed by atoms with Gasteiger partial charge >= 0.3 is 39.5 Å². The Balaban J connectivity index is 5.24. The minimum absolute atomic E-state index is 0.103. The molecular weight excluding hydrogens is 1220 g/mol. The molecule has 0 bridgehead atoms. The van der Waals surface area contributed by atoms with Crippen molar-refractivity contribution in [1.29, 1.82) is 0 Å². The summed E-state index contributed by atoms with van der Waals surface area (Å²) in [5, 5.41) is 10.6. The van der Waals surface area contributed by atoms with Crippen LogP contribution in [0.15, 0.2) is 0 Å². The monoisotopic (exact) mass is 1370 g/mol. The molecule has 0 amide bonds. The molecule has 0 aromatic carbocycles. The smallest absolute Gasteiger partial charge is 0.462 e. The van der Waals surface area contributed by atoms with Crippen LogP contribution in [0.1, 0.15) is 376 Å². The molecule has 0 fully saturated rings. The van der Waals surface area contributed by atoms with Gasteiger partial charge in [-0.05, 0) is 43.4 Å². The zero-order chi connectivity index (χ0) is 68.7. The van der Waals surface area contributed by atoms with Crippen molar-refractivity contribution in [1.82, 2.24) is 0 Å². The van der Waals surface area contributed by atoms with E-state index >= 15 is 0 Å². The molecule has 0 spiro atoms. The molecule has 17 nitrogen and oxygen atoms in total. The molecule has 0 aliphatic rings. The Hall–Kier alpha value is -1.94. The maximum absolute atomic E-state index is 13.1. The van der Waals surface area contributed by atoms with Gasteiger partial charge in [0.15, 0.2) is 12.2 Å². The SMILES string of the molecule is CCCCCCCCCCCCCCCCC(=O)OC[C@H](COP(=O)(O)OC[C@@H](O)COP(=O)(O)OC[C@@H](COC(=O)CCCCCCCCC(C)CC)OC(=O)CCCCCCCCCCC(C)C)OC(=O)CCCCCCCCCCCCCCCCC(C)CC. The van der Waals surface area contributed by atoms with Gasteiger partial charge in [-0.1, -0.05) is 325 Å². The van der Waals surface area contributed by atoms with Crippen LogP contribution < -0.4 is 0 Å². The van der Waals surface area contributed by atoms with Crippen LogP contribution in [0.5, 0.6) is 0 Å². The highest BCUT2D eigenvalue weighted by Crippen LogP contribution is 2.45. The second-order valence-corrected chi connectivity index (χ2v) is 30.6. The molecule has 0 radical (unpaired) electrons. The highest BCUT2D eigenvalue weighted by atomic mass is 31.2. The summed E-state index contributed by atoms with van der Waals surface area (Å²) >= 11 is 0. The van der Waals surface area contributed by atoms with Crippen LogP contribution in [0.2, 0.25) is 0 Å². The number of phosphoric acid groups is 2. The molecule has 0 saturated heterocycles. The summed E-state index contributed by atoms with van der Waals surface area (Å²) in [5.41, 5.74) is 0. The van der Waals surface area contributed by atoms with Crippen LogP contribution in [0, 0.1) is 17.8 Å². The fourth-order valence-electron chi connectivity index (χ4n) is 11.2. The average molecular weight is 1370 g/mol. The van der Waals surface area contributed by atoms with Crippen molar-refractivity contribution in [3.63, 3.8) is 0 Å². The van der Waals surface area contributed by atoms with Gasteiger partial charge in [-0.3, -0.25) is 37.3 Å². The molecule has 0 aromatic heterocycles. The highest BCUT2D eigenvalue weighted by molar-refractivity contribution is 7.47. The van der Waals surface area contributed by atoms with E-state index in [9.17, 15) is 43.2 Å². The molecule has 0 aliphatic carbocycles. The summed E-state index contributed by atoms with van der Waals surface area (Å²) in [6, 6.07) is 0. The molecule has 0 heterocycles. The number of aliphatic hydroxyl groups excluding tert-OH is 1. The normalized spacial score (nSPS) is 14.7. The van der Waals surface area contributed by atoms with Crippen molar-refractivity contribution in [2.75, 3.05) is 39.6 Å². The Bertz CT molecular complexity index is 1820. The van der Waals surface area contributed by atoms with Crippen molar-refractivity contribution in [2.45, 2.75) is 394 Å². The van der Waals surface area contributed by atoms with Crippen molar-refractivity contribution in [3.8, 4) is 0 Å². The van der Waals surface area contributed by atoms with Crippen LogP contribution in [-0.2, 0) is 65.4 Å². The van der Waals surface area contributed by atoms with Crippen molar-refractivity contribution in [3.05, 3.63) is 0 Å². The maximum Gasteiger partial charge on any atom is 0.472 e. The van der Waals surface area contributed by atoms with Crippen LogP contribution in [0.4, 0.5) is 0 Å². The predicted octanol–water partition coefficient (Wildman–Crippen LogP) is 21.4. The third kappa shape index (κ3) is 65.8. The first-order valence-electron chi connectivity index (χ1n) is 38.4. The first kappa shape index (κ1) is 91.1. The third-order valence-electron chi connectivity index (χ3n) is 17.9. The first-order chi connectivity index (χ1) is 44.8. The van der Waals surface area contributed by atoms with Crippen LogP contribution in [-0.4, -0.2) is 96.7 Å². The van der Waals surface area contributed by atoms with Crippen LogP contribution >= 0.6 is 15.6 Å². The summed E-state index contributed by atoms with van der Waals surface area (Å²) in [5.74, 6) is 0.173. The number of rotatable bonds is 72. The lowest BCUT2D eigenvalue weighted by atomic mass is 9.99. The van der Waals surface area contributed by atoms with E-state index in [0.29, 0.717) is 25.7 Å². The molecule has 93 heavy (non-hydrogen) atoms. The van der Waals surface area contributed by atoms with E-state index in [1.807, 2.05) is 0 Å². The first-order valence-corrected chi connectivity index (χ1v) is 41.4. The van der Waals surface area contributed by atoms with Gasteiger partial charge in [0.2, 0.25) is 0 Å². The summed E-state index contributed by atoms with van der Waals surface area (Å²) in [7, 11) is -9.91. The standard InChI is InChI=1S/C74H144O17P2/c1-8-11-12-13-14-15-16-17-21-24-27-33-41-48-55-71(76)84-61-69(90-73(78)57-50-43-34-28-25-22-19-18-20-23-26-32-39-46-53-66(6)9-2)63-88-92(80,81)86-59-68(75)60-87-93(82,83)89-64-70(62-85-72(77)56-49-42-37-36-40-47-54-67(7)10-3)91-74(79)58-51-44-35-30-29-31-38-45-52-65(4)5/h65-70,75H,8-64H2,1-7H3,(H,80,81)(H,82,83)/t66?,67?,68-,69-,70-/m1/s1. The lowest BCUT2D eigenvalue weighted by Crippen LogP contribution is -2.30. The number of unbranched alkanes of at least 4 members (excludes halogenated alkanes) is 38. The lowest BCUT2D eigenvalue weighted by molar-refractivity contribution is -0.161. The van der Waals surface area contributed by atoms with E-state index in [-0.39, 0.29) is 25.7 Å². The topological polar surface area (TPSA) is 237 Å². The van der Waals surface area contributed by atoms with Gasteiger partial charge in [0, 0.05) is 25.7 Å². The number of hydrogen-bond acceptors (Lipinski definition) is 15. The van der Waals surface area contributed by atoms with Crippen LogP contribution in [0.25, 0.3) is 0 Å². The van der Waals surface area contributed by atoms with Crippen molar-refractivity contribution in [2.24, 2.45) is 17.8 Å². The zero-order valence-electron chi connectivity index (χ0n) is 60.7. The van der Waals surface area contributed by atoms with Gasteiger partial charge in [0.05, 0.1) is 26.4 Å². The molecule has 0 saturated carbocycles. The Morgan fingerprint density at radius 1 is 0.312 bits per heavy atom. The van der Waals surface area contributed by atoms with E-state index in [2.05, 4.69) is 48.5 Å². The van der Waals surface area contributed by atoms with Gasteiger partial charge in [0.1, 0.15) is 19.3 Å². The van der Waals surface area contributed by atoms with E-state index in [4.69, 9.17) is 37.0 Å². The molecule has 0 aromatic rings. The lowest BCUT2D eigenvalue weighted by Gasteiger charge is -2.21. The molecule has 19 heteroatoms. The van der Waals surface area contributed by atoms with Gasteiger partial charge in [0.25, 0.3) is 0 Å². The van der Waals surface area contributed by atoms with E-state index < -0.39 is 97.5 Å². The second-order valence-electron chi connectivity index (χ2n) is 27.6. The predicted molar refractivity (Wildman–Crippen MR) is 377 cm³/mol. The number of carbonyl (C=O) groups is 4. The fraction of sp³-hybridized carbons (Fsp3) is 0.946. The van der Waals surface area contributed by atoms with Gasteiger partial charge in [-0.15, -0.1) is 0 Å². The summed E-state index contributed by atoms with van der Waals surface area (Å²) in [6.07, 6.45) is 49.9. The number of hydrogen-bond donors (Lipinski definition) is 3. The number of phosphoric ester groups is 2. The van der Waals surface area contributed by atoms with E-state index in [1.165, 1.54) is 180 Å². The number of carbonyl (C=O) groups excluding carboxylic acids is 4. The second kappa shape index (κ2) is 64.7. The van der Waals surface area contributed by atoms with Gasteiger partial charge in [-0.2, -0.15) is 0 Å². The summed E-state index contributed by atoms with van der Waals surface area (Å²) < 4.78 is 68.4. The molecular formula is C74H144O17P2. The Kier molecular flexibility index (Phi) is 63.4. The summed E-state index contributed by atoms with van der Waals surface area (Å²) in [4.78, 5) is 72.7. The molecule has 4 unspecified atom stereocenters.